The minimum Gasteiger partial charge on any atom is -0.494 e. The fourth-order valence-electron chi connectivity index (χ4n) is 2.96. The lowest BCUT2D eigenvalue weighted by molar-refractivity contribution is 0.340. The summed E-state index contributed by atoms with van der Waals surface area (Å²) in [6.07, 6.45) is 0. The van der Waals surface area contributed by atoms with Gasteiger partial charge in [-0.1, -0.05) is 51.4 Å². The molecular formula is C22H18BrClN2OS. The van der Waals surface area contributed by atoms with Crippen LogP contribution < -0.4 is 4.74 Å². The molecule has 0 aliphatic heterocycles. The van der Waals surface area contributed by atoms with Gasteiger partial charge >= 0.3 is 0 Å². The van der Waals surface area contributed by atoms with E-state index < -0.39 is 0 Å². The molecule has 0 radical (unpaired) electrons. The molecule has 3 nitrogen and oxygen atoms in total. The van der Waals surface area contributed by atoms with Gasteiger partial charge in [0.05, 0.1) is 17.6 Å². The average molecular weight is 474 g/mol. The maximum atomic E-state index is 6.27. The van der Waals surface area contributed by atoms with Crippen LogP contribution in [0.25, 0.3) is 16.7 Å². The number of imidazole rings is 1. The van der Waals surface area contributed by atoms with E-state index >= 15 is 0 Å². The summed E-state index contributed by atoms with van der Waals surface area (Å²) in [6, 6.07) is 22.2. The molecule has 0 unspecified atom stereocenters. The molecule has 0 aliphatic rings. The van der Waals surface area contributed by atoms with Crippen LogP contribution in [0.4, 0.5) is 0 Å². The number of ether oxygens (including phenoxy) is 1. The van der Waals surface area contributed by atoms with Crippen molar-refractivity contribution in [2.45, 2.75) is 17.8 Å². The number of hydrogen-bond donors (Lipinski definition) is 0. The molecule has 0 bridgehead atoms. The lowest BCUT2D eigenvalue weighted by Gasteiger charge is -2.10. The van der Waals surface area contributed by atoms with Crippen LogP contribution in [0.2, 0.25) is 5.02 Å². The number of halogens is 2. The number of rotatable bonds is 6. The number of aromatic nitrogens is 2. The molecule has 0 aliphatic carbocycles. The van der Waals surface area contributed by atoms with Gasteiger partial charge in [0.25, 0.3) is 0 Å². The van der Waals surface area contributed by atoms with Crippen molar-refractivity contribution < 1.29 is 4.74 Å². The zero-order chi connectivity index (χ0) is 19.5. The van der Waals surface area contributed by atoms with Gasteiger partial charge in [0.15, 0.2) is 5.16 Å². The van der Waals surface area contributed by atoms with E-state index in [4.69, 9.17) is 21.3 Å². The Morgan fingerprint density at radius 2 is 1.79 bits per heavy atom. The predicted octanol–water partition coefficient (Wildman–Crippen LogP) is 7.13. The summed E-state index contributed by atoms with van der Waals surface area (Å²) in [6.45, 7) is 2.63. The Bertz CT molecular complexity index is 1090. The Morgan fingerprint density at radius 3 is 2.50 bits per heavy atom. The zero-order valence-electron chi connectivity index (χ0n) is 15.2. The molecule has 142 valence electrons. The van der Waals surface area contributed by atoms with Gasteiger partial charge in [0.1, 0.15) is 5.75 Å². The Balaban J connectivity index is 1.72. The molecule has 28 heavy (non-hydrogen) atoms. The molecule has 0 saturated carbocycles. The minimum absolute atomic E-state index is 0.650. The third-order valence-corrected chi connectivity index (χ3v) is 6.05. The molecular weight excluding hydrogens is 456 g/mol. The van der Waals surface area contributed by atoms with Crippen molar-refractivity contribution in [1.82, 2.24) is 9.55 Å². The van der Waals surface area contributed by atoms with Crippen molar-refractivity contribution in [3.05, 3.63) is 81.8 Å². The first kappa shape index (κ1) is 19.4. The Morgan fingerprint density at radius 1 is 1.04 bits per heavy atom. The molecule has 6 heteroatoms. The molecule has 0 atom stereocenters. The van der Waals surface area contributed by atoms with Crippen LogP contribution >= 0.6 is 39.3 Å². The SMILES string of the molecule is CCOc1ccc(-n2c(SCc3ccc(Br)cc3)nc3ccc(Cl)cc32)cc1. The predicted molar refractivity (Wildman–Crippen MR) is 121 cm³/mol. The fourth-order valence-corrected chi connectivity index (χ4v) is 4.37. The van der Waals surface area contributed by atoms with Gasteiger partial charge in [-0.05, 0) is 67.1 Å². The second kappa shape index (κ2) is 8.60. The maximum absolute atomic E-state index is 6.27. The van der Waals surface area contributed by atoms with Gasteiger partial charge in [-0.25, -0.2) is 4.98 Å². The summed E-state index contributed by atoms with van der Waals surface area (Å²) in [5.41, 5.74) is 4.20. The van der Waals surface area contributed by atoms with Crippen molar-refractivity contribution in [1.29, 1.82) is 0 Å². The highest BCUT2D eigenvalue weighted by molar-refractivity contribution is 9.10. The Kier molecular flexibility index (Phi) is 5.95. The first-order chi connectivity index (χ1) is 13.6. The van der Waals surface area contributed by atoms with Gasteiger partial charge < -0.3 is 4.74 Å². The summed E-state index contributed by atoms with van der Waals surface area (Å²) in [5, 5.41) is 1.63. The van der Waals surface area contributed by atoms with Crippen LogP contribution in [0.5, 0.6) is 5.75 Å². The normalized spacial score (nSPS) is 11.1. The first-order valence-electron chi connectivity index (χ1n) is 8.92. The number of nitrogens with zero attached hydrogens (tertiary/aromatic N) is 2. The standard InChI is InChI=1S/C22H18BrClN2OS/c1-2-27-19-10-8-18(9-11-19)26-21-13-17(24)7-12-20(21)25-22(26)28-14-15-3-5-16(23)6-4-15/h3-13H,2,14H2,1H3. The molecule has 4 aromatic rings. The molecule has 1 aromatic heterocycles. The van der Waals surface area contributed by atoms with Gasteiger partial charge in [0, 0.05) is 20.9 Å². The first-order valence-corrected chi connectivity index (χ1v) is 11.1. The van der Waals surface area contributed by atoms with E-state index in [1.54, 1.807) is 11.8 Å². The Hall–Kier alpha value is -1.95. The number of benzene rings is 3. The highest BCUT2D eigenvalue weighted by Crippen LogP contribution is 2.32. The molecule has 0 amide bonds. The van der Waals surface area contributed by atoms with E-state index in [1.807, 2.05) is 37.3 Å². The van der Waals surface area contributed by atoms with Crippen molar-refractivity contribution in [2.24, 2.45) is 0 Å². The zero-order valence-corrected chi connectivity index (χ0v) is 18.4. The minimum atomic E-state index is 0.650. The number of hydrogen-bond acceptors (Lipinski definition) is 3. The third kappa shape index (κ3) is 4.22. The number of thioether (sulfide) groups is 1. The maximum Gasteiger partial charge on any atom is 0.174 e. The highest BCUT2D eigenvalue weighted by atomic mass is 79.9. The van der Waals surface area contributed by atoms with E-state index in [1.165, 1.54) is 5.56 Å². The van der Waals surface area contributed by atoms with Gasteiger partial charge in [-0.2, -0.15) is 0 Å². The molecule has 1 heterocycles. The van der Waals surface area contributed by atoms with E-state index in [-0.39, 0.29) is 0 Å². The largest absolute Gasteiger partial charge is 0.494 e. The lowest BCUT2D eigenvalue weighted by atomic mass is 10.2. The van der Waals surface area contributed by atoms with E-state index in [0.29, 0.717) is 11.6 Å². The second-order valence-electron chi connectivity index (χ2n) is 6.20. The van der Waals surface area contributed by atoms with E-state index in [2.05, 4.69) is 56.9 Å². The summed E-state index contributed by atoms with van der Waals surface area (Å²) in [5.74, 6) is 1.69. The molecule has 0 spiro atoms. The smallest absolute Gasteiger partial charge is 0.174 e. The third-order valence-electron chi connectivity index (χ3n) is 4.27. The number of fused-ring (bicyclic) bond motifs is 1. The average Bonchev–Trinajstić information content (AvgIpc) is 3.06. The summed E-state index contributed by atoms with van der Waals surface area (Å²) < 4.78 is 8.81. The van der Waals surface area contributed by atoms with E-state index in [9.17, 15) is 0 Å². The van der Waals surface area contributed by atoms with Gasteiger partial charge in [-0.3, -0.25) is 4.57 Å². The molecule has 4 rings (SSSR count). The lowest BCUT2D eigenvalue weighted by Crippen LogP contribution is -1.98. The van der Waals surface area contributed by atoms with E-state index in [0.717, 1.165) is 37.9 Å². The quantitative estimate of drug-likeness (QED) is 0.279. The summed E-state index contributed by atoms with van der Waals surface area (Å²) in [4.78, 5) is 4.85. The van der Waals surface area contributed by atoms with Crippen LogP contribution in [0.3, 0.4) is 0 Å². The molecule has 0 saturated heterocycles. The van der Waals surface area contributed by atoms with Gasteiger partial charge in [0.2, 0.25) is 0 Å². The van der Waals surface area contributed by atoms with Crippen molar-refractivity contribution in [3.8, 4) is 11.4 Å². The topological polar surface area (TPSA) is 27.1 Å². The van der Waals surface area contributed by atoms with Gasteiger partial charge in [-0.15, -0.1) is 0 Å². The summed E-state index contributed by atoms with van der Waals surface area (Å²) in [7, 11) is 0. The van der Waals surface area contributed by atoms with Crippen LogP contribution in [-0.4, -0.2) is 16.2 Å². The van der Waals surface area contributed by atoms with Crippen molar-refractivity contribution in [2.75, 3.05) is 6.61 Å². The van der Waals surface area contributed by atoms with Crippen LogP contribution in [0, 0.1) is 0 Å². The van der Waals surface area contributed by atoms with Crippen LogP contribution in [-0.2, 0) is 5.75 Å². The summed E-state index contributed by atoms with van der Waals surface area (Å²) >= 11 is 11.5. The molecule has 3 aromatic carbocycles. The Labute approximate surface area is 181 Å². The van der Waals surface area contributed by atoms with Crippen LogP contribution in [0.15, 0.2) is 76.4 Å². The van der Waals surface area contributed by atoms with Crippen LogP contribution in [0.1, 0.15) is 12.5 Å². The monoisotopic (exact) mass is 472 g/mol. The fraction of sp³-hybridized carbons (Fsp3) is 0.136. The van der Waals surface area contributed by atoms with Crippen molar-refractivity contribution >= 4 is 50.3 Å². The van der Waals surface area contributed by atoms with Crippen molar-refractivity contribution in [3.63, 3.8) is 0 Å². The molecule has 0 N–H and O–H groups in total. The molecule has 0 fully saturated rings. The second-order valence-corrected chi connectivity index (χ2v) is 8.50. The highest BCUT2D eigenvalue weighted by Gasteiger charge is 2.14.